The van der Waals surface area contributed by atoms with E-state index in [9.17, 15) is 8.42 Å². The highest BCUT2D eigenvalue weighted by Gasteiger charge is 2.33. The summed E-state index contributed by atoms with van der Waals surface area (Å²) in [5, 5.41) is -0.507. The third-order valence-electron chi connectivity index (χ3n) is 3.02. The first-order valence-corrected chi connectivity index (χ1v) is 9.41. The standard InChI is InChI=1S/C11H16ClN3O2S2/c1-2-19(16,17)11-8-18-4-3-15(11)10-7-13-9(5-12)6-14-10/h6-7,11H,2-5,8H2,1H3. The molecule has 8 heteroatoms. The molecule has 1 saturated heterocycles. The van der Waals surface area contributed by atoms with Crippen LogP contribution in [0.2, 0.25) is 0 Å². The van der Waals surface area contributed by atoms with Crippen LogP contribution in [-0.2, 0) is 15.7 Å². The molecular formula is C11H16ClN3O2S2. The molecule has 0 spiro atoms. The number of thioether (sulfide) groups is 1. The molecule has 0 N–H and O–H groups in total. The van der Waals surface area contributed by atoms with Crippen molar-refractivity contribution >= 4 is 39.0 Å². The number of nitrogens with zero attached hydrogens (tertiary/aromatic N) is 3. The second-order valence-corrected chi connectivity index (χ2v) is 8.04. The Morgan fingerprint density at radius 2 is 2.26 bits per heavy atom. The average molecular weight is 322 g/mol. The summed E-state index contributed by atoms with van der Waals surface area (Å²) >= 11 is 7.33. The quantitative estimate of drug-likeness (QED) is 0.784. The largest absolute Gasteiger partial charge is 0.337 e. The molecule has 0 amide bonds. The van der Waals surface area contributed by atoms with Gasteiger partial charge in [0.1, 0.15) is 11.2 Å². The number of aromatic nitrogens is 2. The summed E-state index contributed by atoms with van der Waals surface area (Å²) in [7, 11) is -3.12. The highest BCUT2D eigenvalue weighted by molar-refractivity contribution is 8.01. The molecule has 0 bridgehead atoms. The molecule has 1 aliphatic heterocycles. The highest BCUT2D eigenvalue weighted by Crippen LogP contribution is 2.25. The minimum absolute atomic E-state index is 0.141. The molecule has 0 aromatic carbocycles. The van der Waals surface area contributed by atoms with Crippen molar-refractivity contribution in [1.82, 2.24) is 9.97 Å². The number of alkyl halides is 1. The van der Waals surface area contributed by atoms with Crippen molar-refractivity contribution in [2.45, 2.75) is 18.2 Å². The van der Waals surface area contributed by atoms with Crippen LogP contribution >= 0.6 is 23.4 Å². The Balaban J connectivity index is 2.28. The van der Waals surface area contributed by atoms with Crippen molar-refractivity contribution in [1.29, 1.82) is 0 Å². The molecule has 1 aromatic heterocycles. The fraction of sp³-hybridized carbons (Fsp3) is 0.636. The van der Waals surface area contributed by atoms with Crippen LogP contribution in [0.25, 0.3) is 0 Å². The monoisotopic (exact) mass is 321 g/mol. The number of anilines is 1. The van der Waals surface area contributed by atoms with E-state index in [0.29, 0.717) is 29.7 Å². The van der Waals surface area contributed by atoms with Crippen LogP contribution in [0.1, 0.15) is 12.6 Å². The van der Waals surface area contributed by atoms with E-state index in [1.807, 2.05) is 4.90 Å². The topological polar surface area (TPSA) is 63.2 Å². The lowest BCUT2D eigenvalue weighted by Crippen LogP contribution is -2.48. The molecule has 1 fully saturated rings. The van der Waals surface area contributed by atoms with Gasteiger partial charge in [-0.1, -0.05) is 6.92 Å². The SMILES string of the molecule is CCS(=O)(=O)C1CSCCN1c1cnc(CCl)cn1. The van der Waals surface area contributed by atoms with Gasteiger partial charge < -0.3 is 4.90 Å². The van der Waals surface area contributed by atoms with E-state index in [1.165, 1.54) is 0 Å². The Labute approximate surface area is 122 Å². The Morgan fingerprint density at radius 3 is 2.84 bits per heavy atom. The fourth-order valence-corrected chi connectivity index (χ4v) is 5.01. The summed E-state index contributed by atoms with van der Waals surface area (Å²) in [6.45, 7) is 2.35. The predicted molar refractivity (Wildman–Crippen MR) is 79.5 cm³/mol. The number of hydrogen-bond acceptors (Lipinski definition) is 6. The molecule has 1 atom stereocenters. The Bertz CT molecular complexity index is 521. The normalized spacial score (nSPS) is 20.5. The molecule has 2 heterocycles. The van der Waals surface area contributed by atoms with E-state index in [-0.39, 0.29) is 5.75 Å². The number of sulfone groups is 1. The van der Waals surface area contributed by atoms with Crippen molar-refractivity contribution in [3.05, 3.63) is 18.1 Å². The molecule has 0 aliphatic carbocycles. The smallest absolute Gasteiger partial charge is 0.171 e. The van der Waals surface area contributed by atoms with Gasteiger partial charge in [-0.15, -0.1) is 11.6 Å². The zero-order chi connectivity index (χ0) is 13.9. The summed E-state index contributed by atoms with van der Waals surface area (Å²) in [4.78, 5) is 10.3. The van der Waals surface area contributed by atoms with Gasteiger partial charge in [0.2, 0.25) is 0 Å². The number of halogens is 1. The van der Waals surface area contributed by atoms with Crippen molar-refractivity contribution in [3.8, 4) is 0 Å². The predicted octanol–water partition coefficient (Wildman–Crippen LogP) is 1.53. The van der Waals surface area contributed by atoms with E-state index in [1.54, 1.807) is 31.1 Å². The van der Waals surface area contributed by atoms with Crippen LogP contribution in [-0.4, -0.2) is 47.6 Å². The van der Waals surface area contributed by atoms with Crippen LogP contribution in [0.4, 0.5) is 5.82 Å². The molecule has 19 heavy (non-hydrogen) atoms. The van der Waals surface area contributed by atoms with Gasteiger partial charge in [-0.25, -0.2) is 13.4 Å². The van der Waals surface area contributed by atoms with Gasteiger partial charge in [0.25, 0.3) is 0 Å². The lowest BCUT2D eigenvalue weighted by atomic mass is 10.4. The summed E-state index contributed by atoms with van der Waals surface area (Å²) in [5.41, 5.74) is 0.687. The molecule has 1 aliphatic rings. The molecule has 1 unspecified atom stereocenters. The Kier molecular flexibility index (Phi) is 4.92. The zero-order valence-corrected chi connectivity index (χ0v) is 13.0. The van der Waals surface area contributed by atoms with Crippen LogP contribution in [0.5, 0.6) is 0 Å². The van der Waals surface area contributed by atoms with E-state index in [2.05, 4.69) is 9.97 Å². The molecular weight excluding hydrogens is 306 g/mol. The third kappa shape index (κ3) is 3.32. The molecule has 106 valence electrons. The maximum absolute atomic E-state index is 12.1. The van der Waals surface area contributed by atoms with Gasteiger partial charge in [-0.3, -0.25) is 4.98 Å². The van der Waals surface area contributed by atoms with Crippen molar-refractivity contribution in [3.63, 3.8) is 0 Å². The maximum atomic E-state index is 12.1. The Morgan fingerprint density at radius 1 is 1.47 bits per heavy atom. The van der Waals surface area contributed by atoms with Gasteiger partial charge in [0, 0.05) is 23.8 Å². The van der Waals surface area contributed by atoms with Gasteiger partial charge in [-0.05, 0) is 0 Å². The van der Waals surface area contributed by atoms with E-state index in [0.717, 1.165) is 5.75 Å². The van der Waals surface area contributed by atoms with Crippen molar-refractivity contribution in [2.24, 2.45) is 0 Å². The number of hydrogen-bond donors (Lipinski definition) is 0. The van der Waals surface area contributed by atoms with Crippen LogP contribution in [0, 0.1) is 0 Å². The molecule has 0 radical (unpaired) electrons. The summed E-state index contributed by atoms with van der Waals surface area (Å²) in [6.07, 6.45) is 3.20. The van der Waals surface area contributed by atoms with Gasteiger partial charge in [0.15, 0.2) is 9.84 Å². The van der Waals surface area contributed by atoms with E-state index in [4.69, 9.17) is 11.6 Å². The van der Waals surface area contributed by atoms with Crippen LogP contribution < -0.4 is 4.90 Å². The highest BCUT2D eigenvalue weighted by atomic mass is 35.5. The number of rotatable bonds is 4. The molecule has 2 rings (SSSR count). The van der Waals surface area contributed by atoms with Gasteiger partial charge in [-0.2, -0.15) is 11.8 Å². The van der Waals surface area contributed by atoms with E-state index >= 15 is 0 Å². The van der Waals surface area contributed by atoms with Crippen LogP contribution in [0.15, 0.2) is 12.4 Å². The molecule has 5 nitrogen and oxygen atoms in total. The van der Waals surface area contributed by atoms with Crippen molar-refractivity contribution in [2.75, 3.05) is 28.7 Å². The minimum Gasteiger partial charge on any atom is -0.337 e. The summed E-state index contributed by atoms with van der Waals surface area (Å²) in [6, 6.07) is 0. The second kappa shape index (κ2) is 6.28. The maximum Gasteiger partial charge on any atom is 0.171 e. The van der Waals surface area contributed by atoms with Gasteiger partial charge >= 0.3 is 0 Å². The first-order chi connectivity index (χ1) is 9.08. The van der Waals surface area contributed by atoms with Crippen LogP contribution in [0.3, 0.4) is 0 Å². The first-order valence-electron chi connectivity index (χ1n) is 6.01. The van der Waals surface area contributed by atoms with E-state index < -0.39 is 15.2 Å². The first kappa shape index (κ1) is 14.9. The zero-order valence-electron chi connectivity index (χ0n) is 10.6. The molecule has 0 saturated carbocycles. The Hall–Kier alpha value is -0.530. The molecule has 1 aromatic rings. The third-order valence-corrected chi connectivity index (χ3v) is 6.59. The second-order valence-electron chi connectivity index (χ2n) is 4.17. The summed E-state index contributed by atoms with van der Waals surface area (Å²) in [5.74, 6) is 2.53. The van der Waals surface area contributed by atoms with Gasteiger partial charge in [0.05, 0.1) is 24.0 Å². The van der Waals surface area contributed by atoms with Crippen molar-refractivity contribution < 1.29 is 8.42 Å². The lowest BCUT2D eigenvalue weighted by molar-refractivity contribution is 0.578. The lowest BCUT2D eigenvalue weighted by Gasteiger charge is -2.35. The minimum atomic E-state index is -3.12. The average Bonchev–Trinajstić information content (AvgIpc) is 2.47. The summed E-state index contributed by atoms with van der Waals surface area (Å²) < 4.78 is 24.3. The fourth-order valence-electron chi connectivity index (χ4n) is 1.90.